The zero-order valence-electron chi connectivity index (χ0n) is 10.7. The fourth-order valence-corrected chi connectivity index (χ4v) is 1.59. The number of benzene rings is 1. The largest absolute Gasteiger partial charge is 0.497 e. The molecule has 108 valence electrons. The average Bonchev–Trinajstić information content (AvgIpc) is 2.34. The number of rotatable bonds is 7. The third kappa shape index (κ3) is 7.03. The van der Waals surface area contributed by atoms with E-state index in [9.17, 15) is 13.2 Å². The van der Waals surface area contributed by atoms with Crippen LogP contribution in [0.4, 0.5) is 13.2 Å². The SMILES string of the molecule is COc1ccc(CC(N)CCOCC(F)(F)F)cc1. The van der Waals surface area contributed by atoms with Crippen molar-refractivity contribution in [2.24, 2.45) is 5.73 Å². The van der Waals surface area contributed by atoms with E-state index in [1.54, 1.807) is 7.11 Å². The van der Waals surface area contributed by atoms with Crippen LogP contribution in [0.1, 0.15) is 12.0 Å². The van der Waals surface area contributed by atoms with Crippen LogP contribution < -0.4 is 10.5 Å². The molecule has 0 aliphatic heterocycles. The number of alkyl halides is 3. The van der Waals surface area contributed by atoms with E-state index in [2.05, 4.69) is 4.74 Å². The van der Waals surface area contributed by atoms with Crippen LogP contribution in [-0.4, -0.2) is 32.5 Å². The molecule has 2 N–H and O–H groups in total. The van der Waals surface area contributed by atoms with E-state index in [-0.39, 0.29) is 12.6 Å². The van der Waals surface area contributed by atoms with Crippen LogP contribution in [0.2, 0.25) is 0 Å². The minimum absolute atomic E-state index is 0.0107. The molecule has 0 fully saturated rings. The number of methoxy groups -OCH3 is 1. The summed E-state index contributed by atoms with van der Waals surface area (Å²) in [5.41, 5.74) is 6.85. The van der Waals surface area contributed by atoms with Crippen molar-refractivity contribution in [3.8, 4) is 5.75 Å². The van der Waals surface area contributed by atoms with Gasteiger partial charge in [0, 0.05) is 12.6 Å². The first-order valence-corrected chi connectivity index (χ1v) is 5.93. The summed E-state index contributed by atoms with van der Waals surface area (Å²) in [5, 5.41) is 0. The molecule has 1 rings (SSSR count). The zero-order valence-corrected chi connectivity index (χ0v) is 10.7. The van der Waals surface area contributed by atoms with Crippen LogP contribution >= 0.6 is 0 Å². The van der Waals surface area contributed by atoms with Crippen LogP contribution in [0.5, 0.6) is 5.75 Å². The Balaban J connectivity index is 2.24. The van der Waals surface area contributed by atoms with E-state index in [0.717, 1.165) is 11.3 Å². The number of ether oxygens (including phenoxy) is 2. The molecule has 1 atom stereocenters. The minimum Gasteiger partial charge on any atom is -0.497 e. The first-order valence-electron chi connectivity index (χ1n) is 5.93. The molecule has 0 saturated heterocycles. The topological polar surface area (TPSA) is 44.5 Å². The first kappa shape index (κ1) is 15.8. The van der Waals surface area contributed by atoms with Gasteiger partial charge >= 0.3 is 6.18 Å². The van der Waals surface area contributed by atoms with Crippen molar-refractivity contribution in [2.45, 2.75) is 25.1 Å². The lowest BCUT2D eigenvalue weighted by atomic mass is 10.0. The van der Waals surface area contributed by atoms with E-state index >= 15 is 0 Å². The van der Waals surface area contributed by atoms with E-state index in [1.165, 1.54) is 0 Å². The van der Waals surface area contributed by atoms with Crippen molar-refractivity contribution in [1.82, 2.24) is 0 Å². The lowest BCUT2D eigenvalue weighted by Crippen LogP contribution is -2.26. The van der Waals surface area contributed by atoms with Gasteiger partial charge in [-0.05, 0) is 30.5 Å². The molecule has 0 bridgehead atoms. The fourth-order valence-electron chi connectivity index (χ4n) is 1.59. The summed E-state index contributed by atoms with van der Waals surface area (Å²) in [5.74, 6) is 0.755. The van der Waals surface area contributed by atoms with Gasteiger partial charge in [-0.3, -0.25) is 0 Å². The van der Waals surface area contributed by atoms with E-state index < -0.39 is 12.8 Å². The molecule has 0 amide bonds. The second-order valence-corrected chi connectivity index (χ2v) is 4.27. The number of hydrogen-bond acceptors (Lipinski definition) is 3. The monoisotopic (exact) mass is 277 g/mol. The van der Waals surface area contributed by atoms with Crippen LogP contribution in [0.3, 0.4) is 0 Å². The Morgan fingerprint density at radius 2 is 1.84 bits per heavy atom. The van der Waals surface area contributed by atoms with Gasteiger partial charge in [-0.2, -0.15) is 13.2 Å². The predicted molar refractivity (Wildman–Crippen MR) is 66.2 cm³/mol. The highest BCUT2D eigenvalue weighted by Gasteiger charge is 2.27. The maximum absolute atomic E-state index is 11.8. The van der Waals surface area contributed by atoms with Gasteiger partial charge in [-0.15, -0.1) is 0 Å². The molecular formula is C13H18F3NO2. The highest BCUT2D eigenvalue weighted by Crippen LogP contribution is 2.15. The Kier molecular flexibility index (Phi) is 6.11. The average molecular weight is 277 g/mol. The summed E-state index contributed by atoms with van der Waals surface area (Å²) >= 11 is 0. The van der Waals surface area contributed by atoms with Gasteiger partial charge in [0.25, 0.3) is 0 Å². The highest BCUT2D eigenvalue weighted by molar-refractivity contribution is 5.27. The molecule has 0 aliphatic carbocycles. The number of hydrogen-bond donors (Lipinski definition) is 1. The van der Waals surface area contributed by atoms with Crippen molar-refractivity contribution < 1.29 is 22.6 Å². The highest BCUT2D eigenvalue weighted by atomic mass is 19.4. The summed E-state index contributed by atoms with van der Waals surface area (Å²) in [6.45, 7) is -1.21. The number of nitrogens with two attached hydrogens (primary N) is 1. The van der Waals surface area contributed by atoms with E-state index in [0.29, 0.717) is 12.8 Å². The quantitative estimate of drug-likeness (QED) is 0.779. The molecule has 0 heterocycles. The lowest BCUT2D eigenvalue weighted by Gasteiger charge is -2.13. The van der Waals surface area contributed by atoms with Gasteiger partial charge in [0.2, 0.25) is 0 Å². The zero-order chi connectivity index (χ0) is 14.3. The molecule has 19 heavy (non-hydrogen) atoms. The third-order valence-electron chi connectivity index (χ3n) is 2.56. The standard InChI is InChI=1S/C13H18F3NO2/c1-18-12-4-2-10(3-5-12)8-11(17)6-7-19-9-13(14,15)16/h2-5,11H,6-9,17H2,1H3. The van der Waals surface area contributed by atoms with Crippen LogP contribution in [0.15, 0.2) is 24.3 Å². The van der Waals surface area contributed by atoms with Crippen molar-refractivity contribution in [2.75, 3.05) is 20.3 Å². The maximum atomic E-state index is 11.8. The normalized spacial score (nSPS) is 13.3. The molecule has 1 aromatic carbocycles. The lowest BCUT2D eigenvalue weighted by molar-refractivity contribution is -0.174. The molecule has 3 nitrogen and oxygen atoms in total. The summed E-state index contributed by atoms with van der Waals surface area (Å²) in [6, 6.07) is 7.19. The minimum atomic E-state index is -4.28. The maximum Gasteiger partial charge on any atom is 0.411 e. The summed E-state index contributed by atoms with van der Waals surface area (Å²) < 4.78 is 45.0. The van der Waals surface area contributed by atoms with Gasteiger partial charge in [0.1, 0.15) is 12.4 Å². The summed E-state index contributed by atoms with van der Waals surface area (Å²) in [6.07, 6.45) is -3.29. The summed E-state index contributed by atoms with van der Waals surface area (Å²) in [7, 11) is 1.58. The van der Waals surface area contributed by atoms with Crippen molar-refractivity contribution in [3.63, 3.8) is 0 Å². The Hall–Kier alpha value is -1.27. The van der Waals surface area contributed by atoms with Crippen LogP contribution in [0.25, 0.3) is 0 Å². The molecule has 1 unspecified atom stereocenters. The van der Waals surface area contributed by atoms with Crippen LogP contribution in [0, 0.1) is 0 Å². The van der Waals surface area contributed by atoms with Gasteiger partial charge in [-0.1, -0.05) is 12.1 Å². The second-order valence-electron chi connectivity index (χ2n) is 4.27. The molecule has 0 aliphatic rings. The predicted octanol–water partition coefficient (Wildman–Crippen LogP) is 2.53. The molecule has 1 aromatic rings. The molecule has 0 spiro atoms. The van der Waals surface area contributed by atoms with Gasteiger partial charge in [0.05, 0.1) is 7.11 Å². The molecule has 6 heteroatoms. The molecular weight excluding hydrogens is 259 g/mol. The van der Waals surface area contributed by atoms with Gasteiger partial charge in [0.15, 0.2) is 0 Å². The molecule has 0 saturated carbocycles. The molecule has 0 aromatic heterocycles. The summed E-state index contributed by atoms with van der Waals surface area (Å²) in [4.78, 5) is 0. The smallest absolute Gasteiger partial charge is 0.411 e. The van der Waals surface area contributed by atoms with Crippen molar-refractivity contribution in [1.29, 1.82) is 0 Å². The Bertz CT molecular complexity index is 365. The van der Waals surface area contributed by atoms with Crippen molar-refractivity contribution in [3.05, 3.63) is 29.8 Å². The number of halogens is 3. The van der Waals surface area contributed by atoms with Gasteiger partial charge < -0.3 is 15.2 Å². The second kappa shape index (κ2) is 7.35. The van der Waals surface area contributed by atoms with E-state index in [1.807, 2.05) is 24.3 Å². The fraction of sp³-hybridized carbons (Fsp3) is 0.538. The Labute approximate surface area is 110 Å². The Morgan fingerprint density at radius 3 is 2.37 bits per heavy atom. The molecule has 0 radical (unpaired) electrons. The van der Waals surface area contributed by atoms with Crippen LogP contribution in [-0.2, 0) is 11.2 Å². The van der Waals surface area contributed by atoms with E-state index in [4.69, 9.17) is 10.5 Å². The van der Waals surface area contributed by atoms with Gasteiger partial charge in [-0.25, -0.2) is 0 Å². The Morgan fingerprint density at radius 1 is 1.21 bits per heavy atom. The van der Waals surface area contributed by atoms with Crippen molar-refractivity contribution >= 4 is 0 Å². The first-order chi connectivity index (χ1) is 8.90. The third-order valence-corrected chi connectivity index (χ3v) is 2.56.